The summed E-state index contributed by atoms with van der Waals surface area (Å²) in [5.74, 6) is -0.249. The molecule has 0 amide bonds. The van der Waals surface area contributed by atoms with Crippen LogP contribution in [0.15, 0.2) is 18.2 Å². The van der Waals surface area contributed by atoms with Crippen LogP contribution in [0.4, 0.5) is 4.39 Å². The van der Waals surface area contributed by atoms with Gasteiger partial charge in [0, 0.05) is 0 Å². The second kappa shape index (κ2) is 5.82. The molecule has 0 aromatic heterocycles. The lowest BCUT2D eigenvalue weighted by molar-refractivity contribution is 0.169. The van der Waals surface area contributed by atoms with Gasteiger partial charge in [-0.3, -0.25) is 0 Å². The van der Waals surface area contributed by atoms with Crippen LogP contribution in [-0.2, 0) is 0 Å². The first-order chi connectivity index (χ1) is 7.54. The van der Waals surface area contributed by atoms with Crippen LogP contribution >= 0.6 is 0 Å². The summed E-state index contributed by atoms with van der Waals surface area (Å²) in [6, 6.07) is 4.48. The highest BCUT2D eigenvalue weighted by atomic mass is 19.1. The number of nitrogens with two attached hydrogens (primary N) is 1. The lowest BCUT2D eigenvalue weighted by Crippen LogP contribution is -2.09. The van der Waals surface area contributed by atoms with Gasteiger partial charge in [-0.1, -0.05) is 6.07 Å². The lowest BCUT2D eigenvalue weighted by atomic mass is 10.1. The molecule has 0 radical (unpaired) electrons. The normalized spacial score (nSPS) is 12.9. The molecule has 0 bridgehead atoms. The van der Waals surface area contributed by atoms with Crippen molar-refractivity contribution in [1.29, 1.82) is 0 Å². The van der Waals surface area contributed by atoms with Crippen LogP contribution in [0.1, 0.15) is 31.9 Å². The molecule has 1 aromatic carbocycles. The molecular formula is C12H18FNO2. The number of aliphatic hydroxyl groups is 1. The molecule has 3 nitrogen and oxygen atoms in total. The predicted octanol–water partition coefficient (Wildman–Crippen LogP) is 2.00. The molecule has 0 aliphatic heterocycles. The Kier molecular flexibility index (Phi) is 4.71. The standard InChI is InChI=1S/C12H18FNO2/c1-8(2)16-12-4-3-9(7-10(12)13)11(15)5-6-14/h3-4,7-8,11,15H,5-6,14H2,1-2H3. The third-order valence-corrected chi connectivity index (χ3v) is 2.14. The Hall–Kier alpha value is -1.13. The van der Waals surface area contributed by atoms with Gasteiger partial charge in [-0.25, -0.2) is 4.39 Å². The Balaban J connectivity index is 2.82. The van der Waals surface area contributed by atoms with Crippen molar-refractivity contribution in [3.05, 3.63) is 29.6 Å². The van der Waals surface area contributed by atoms with Gasteiger partial charge >= 0.3 is 0 Å². The van der Waals surface area contributed by atoms with Gasteiger partial charge < -0.3 is 15.6 Å². The van der Waals surface area contributed by atoms with E-state index in [-0.39, 0.29) is 11.9 Å². The second-order valence-corrected chi connectivity index (χ2v) is 3.95. The molecule has 1 rings (SSSR count). The number of hydrogen-bond donors (Lipinski definition) is 2. The molecule has 0 fully saturated rings. The Morgan fingerprint density at radius 2 is 2.12 bits per heavy atom. The summed E-state index contributed by atoms with van der Waals surface area (Å²) in [6.07, 6.45) is -0.369. The number of ether oxygens (including phenoxy) is 1. The van der Waals surface area contributed by atoms with Crippen molar-refractivity contribution in [2.24, 2.45) is 5.73 Å². The Morgan fingerprint density at radius 3 is 2.62 bits per heavy atom. The van der Waals surface area contributed by atoms with E-state index in [0.717, 1.165) is 0 Å². The number of halogens is 1. The summed E-state index contributed by atoms with van der Waals surface area (Å²) >= 11 is 0. The summed E-state index contributed by atoms with van der Waals surface area (Å²) in [5, 5.41) is 9.63. The molecule has 0 saturated heterocycles. The maximum Gasteiger partial charge on any atom is 0.165 e. The Labute approximate surface area is 95.0 Å². The molecule has 16 heavy (non-hydrogen) atoms. The fourth-order valence-corrected chi connectivity index (χ4v) is 1.40. The summed E-state index contributed by atoms with van der Waals surface area (Å²) in [6.45, 7) is 4.03. The molecule has 1 atom stereocenters. The van der Waals surface area contributed by atoms with E-state index in [2.05, 4.69) is 0 Å². The maximum absolute atomic E-state index is 13.5. The predicted molar refractivity (Wildman–Crippen MR) is 60.8 cm³/mol. The first-order valence-electron chi connectivity index (χ1n) is 5.38. The van der Waals surface area contributed by atoms with Gasteiger partial charge in [0.2, 0.25) is 0 Å². The minimum atomic E-state index is -0.715. The van der Waals surface area contributed by atoms with Gasteiger partial charge in [0.25, 0.3) is 0 Å². The van der Waals surface area contributed by atoms with Crippen LogP contribution in [0.2, 0.25) is 0 Å². The van der Waals surface area contributed by atoms with Gasteiger partial charge in [0.15, 0.2) is 11.6 Å². The van der Waals surface area contributed by atoms with E-state index in [1.54, 1.807) is 6.07 Å². The summed E-state index contributed by atoms with van der Waals surface area (Å²) in [4.78, 5) is 0. The fourth-order valence-electron chi connectivity index (χ4n) is 1.40. The van der Waals surface area contributed by atoms with E-state index >= 15 is 0 Å². The number of benzene rings is 1. The van der Waals surface area contributed by atoms with Crippen LogP contribution in [0.25, 0.3) is 0 Å². The van der Waals surface area contributed by atoms with E-state index in [9.17, 15) is 9.50 Å². The molecule has 1 unspecified atom stereocenters. The molecule has 0 spiro atoms. The van der Waals surface area contributed by atoms with Crippen LogP contribution in [0.3, 0.4) is 0 Å². The highest BCUT2D eigenvalue weighted by Crippen LogP contribution is 2.24. The minimum Gasteiger partial charge on any atom is -0.488 e. The quantitative estimate of drug-likeness (QED) is 0.808. The van der Waals surface area contributed by atoms with E-state index in [1.165, 1.54) is 12.1 Å². The molecular weight excluding hydrogens is 209 g/mol. The number of aliphatic hydroxyl groups excluding tert-OH is 1. The van der Waals surface area contributed by atoms with Crippen molar-refractivity contribution >= 4 is 0 Å². The molecule has 0 aliphatic rings. The first kappa shape index (κ1) is 12.9. The van der Waals surface area contributed by atoms with Gasteiger partial charge in [0.05, 0.1) is 12.2 Å². The maximum atomic E-state index is 13.5. The van der Waals surface area contributed by atoms with Crippen LogP contribution < -0.4 is 10.5 Å². The van der Waals surface area contributed by atoms with Gasteiger partial charge in [0.1, 0.15) is 0 Å². The van der Waals surface area contributed by atoms with Crippen LogP contribution in [0, 0.1) is 5.82 Å². The number of hydrogen-bond acceptors (Lipinski definition) is 3. The molecule has 3 N–H and O–H groups in total. The fraction of sp³-hybridized carbons (Fsp3) is 0.500. The lowest BCUT2D eigenvalue weighted by Gasteiger charge is -2.13. The molecule has 4 heteroatoms. The zero-order chi connectivity index (χ0) is 12.1. The van der Waals surface area contributed by atoms with E-state index in [1.807, 2.05) is 13.8 Å². The summed E-state index contributed by atoms with van der Waals surface area (Å²) in [7, 11) is 0. The number of rotatable bonds is 5. The van der Waals surface area contributed by atoms with Crippen molar-refractivity contribution in [3.63, 3.8) is 0 Å². The van der Waals surface area contributed by atoms with E-state index < -0.39 is 11.9 Å². The largest absolute Gasteiger partial charge is 0.488 e. The topological polar surface area (TPSA) is 55.5 Å². The zero-order valence-electron chi connectivity index (χ0n) is 9.61. The van der Waals surface area contributed by atoms with Crippen LogP contribution in [0.5, 0.6) is 5.75 Å². The van der Waals surface area contributed by atoms with Gasteiger partial charge in [-0.15, -0.1) is 0 Å². The highest BCUT2D eigenvalue weighted by Gasteiger charge is 2.11. The molecule has 0 heterocycles. The second-order valence-electron chi connectivity index (χ2n) is 3.95. The third-order valence-electron chi connectivity index (χ3n) is 2.14. The highest BCUT2D eigenvalue weighted by molar-refractivity contribution is 5.30. The Morgan fingerprint density at radius 1 is 1.44 bits per heavy atom. The SMILES string of the molecule is CC(C)Oc1ccc(C(O)CCN)cc1F. The van der Waals surface area contributed by atoms with Crippen LogP contribution in [-0.4, -0.2) is 17.8 Å². The monoisotopic (exact) mass is 227 g/mol. The van der Waals surface area contributed by atoms with Gasteiger partial charge in [-0.05, 0) is 44.5 Å². The molecule has 1 aromatic rings. The smallest absolute Gasteiger partial charge is 0.165 e. The zero-order valence-corrected chi connectivity index (χ0v) is 9.61. The van der Waals surface area contributed by atoms with E-state index in [4.69, 9.17) is 10.5 Å². The van der Waals surface area contributed by atoms with Crippen molar-refractivity contribution < 1.29 is 14.2 Å². The first-order valence-corrected chi connectivity index (χ1v) is 5.38. The third kappa shape index (κ3) is 3.47. The molecule has 0 aliphatic carbocycles. The average Bonchev–Trinajstić information content (AvgIpc) is 2.20. The molecule has 90 valence electrons. The average molecular weight is 227 g/mol. The van der Waals surface area contributed by atoms with Crippen molar-refractivity contribution in [1.82, 2.24) is 0 Å². The van der Waals surface area contributed by atoms with E-state index in [0.29, 0.717) is 18.5 Å². The summed E-state index contributed by atoms with van der Waals surface area (Å²) < 4.78 is 18.8. The van der Waals surface area contributed by atoms with Crippen molar-refractivity contribution in [2.45, 2.75) is 32.5 Å². The molecule has 0 saturated carbocycles. The summed E-state index contributed by atoms with van der Waals surface area (Å²) in [5.41, 5.74) is 5.85. The van der Waals surface area contributed by atoms with Gasteiger partial charge in [-0.2, -0.15) is 0 Å². The van der Waals surface area contributed by atoms with Crippen molar-refractivity contribution in [2.75, 3.05) is 6.54 Å². The minimum absolute atomic E-state index is 0.0747. The van der Waals surface area contributed by atoms with Crippen molar-refractivity contribution in [3.8, 4) is 5.75 Å². The Bertz CT molecular complexity index is 342.